The molecule has 4 nitrogen and oxygen atoms in total. The maximum atomic E-state index is 12.1. The van der Waals surface area contributed by atoms with Crippen LogP contribution in [0, 0.1) is 0 Å². The van der Waals surface area contributed by atoms with E-state index in [4.69, 9.17) is 16.3 Å². The summed E-state index contributed by atoms with van der Waals surface area (Å²) in [6, 6.07) is 7.70. The van der Waals surface area contributed by atoms with Gasteiger partial charge in [-0.3, -0.25) is 9.69 Å². The van der Waals surface area contributed by atoms with Gasteiger partial charge >= 0.3 is 0 Å². The molecule has 0 aromatic heterocycles. The Kier molecular flexibility index (Phi) is 5.62. The van der Waals surface area contributed by atoms with Crippen LogP contribution in [0.5, 0.6) is 0 Å². The number of ether oxygens (including phenoxy) is 1. The lowest BCUT2D eigenvalue weighted by Gasteiger charge is -2.36. The summed E-state index contributed by atoms with van der Waals surface area (Å²) in [4.78, 5) is 14.3. The van der Waals surface area contributed by atoms with E-state index < -0.39 is 0 Å². The number of nitrogens with zero attached hydrogens (tertiary/aromatic N) is 1. The first kappa shape index (κ1) is 16.3. The number of carbonyl (C=O) groups excluding carboxylic acids is 1. The maximum Gasteiger partial charge on any atom is 0.237 e. The molecule has 1 heterocycles. The van der Waals surface area contributed by atoms with E-state index in [1.54, 1.807) is 0 Å². The Labute approximate surface area is 131 Å². The topological polar surface area (TPSA) is 41.6 Å². The third kappa shape index (κ3) is 4.19. The Balaban J connectivity index is 2.04. The molecule has 5 heteroatoms. The molecule has 1 aromatic carbocycles. The van der Waals surface area contributed by atoms with Gasteiger partial charge in [-0.15, -0.1) is 0 Å². The summed E-state index contributed by atoms with van der Waals surface area (Å²) in [5, 5.41) is 3.67. The Hall–Kier alpha value is -1.10. The average molecular weight is 311 g/mol. The summed E-state index contributed by atoms with van der Waals surface area (Å²) in [6.07, 6.45) is -0.0817. The van der Waals surface area contributed by atoms with Crippen molar-refractivity contribution in [3.63, 3.8) is 0 Å². The van der Waals surface area contributed by atoms with Crippen molar-refractivity contribution < 1.29 is 9.53 Å². The first-order valence-electron chi connectivity index (χ1n) is 7.39. The molecule has 116 valence electrons. The molecule has 0 unspecified atom stereocenters. The van der Waals surface area contributed by atoms with E-state index >= 15 is 0 Å². The van der Waals surface area contributed by atoms with Gasteiger partial charge in [0.1, 0.15) is 0 Å². The van der Waals surface area contributed by atoms with E-state index in [0.717, 1.165) is 12.1 Å². The number of hydrogen-bond acceptors (Lipinski definition) is 3. The number of rotatable bonds is 4. The van der Waals surface area contributed by atoms with Crippen LogP contribution >= 0.6 is 11.6 Å². The lowest BCUT2D eigenvalue weighted by Crippen LogP contribution is -2.51. The van der Waals surface area contributed by atoms with Crippen LogP contribution in [0.4, 0.5) is 0 Å². The lowest BCUT2D eigenvalue weighted by molar-refractivity contribution is -0.129. The number of morpholine rings is 1. The van der Waals surface area contributed by atoms with Crippen molar-refractivity contribution in [2.75, 3.05) is 19.7 Å². The van der Waals surface area contributed by atoms with Crippen molar-refractivity contribution in [1.29, 1.82) is 0 Å². The summed E-state index contributed by atoms with van der Waals surface area (Å²) in [6.45, 7) is 7.92. The van der Waals surface area contributed by atoms with Crippen LogP contribution in [0.15, 0.2) is 24.3 Å². The van der Waals surface area contributed by atoms with Gasteiger partial charge in [-0.05, 0) is 26.8 Å². The molecule has 1 aliphatic rings. The summed E-state index contributed by atoms with van der Waals surface area (Å²) in [5.74, 6) is 0.0600. The van der Waals surface area contributed by atoms with Crippen LogP contribution in [0.3, 0.4) is 0 Å². The van der Waals surface area contributed by atoms with Gasteiger partial charge in [-0.1, -0.05) is 29.8 Å². The number of nitrogens with one attached hydrogen (secondary N) is 1. The van der Waals surface area contributed by atoms with Crippen LogP contribution in [0.1, 0.15) is 32.4 Å². The van der Waals surface area contributed by atoms with E-state index in [-0.39, 0.29) is 24.1 Å². The Morgan fingerprint density at radius 1 is 1.38 bits per heavy atom. The van der Waals surface area contributed by atoms with Gasteiger partial charge in [0.15, 0.2) is 0 Å². The number of halogens is 1. The van der Waals surface area contributed by atoms with Gasteiger partial charge in [0, 0.05) is 29.7 Å². The SMILES string of the molecule is CC(C)NC(=O)[C@@H](C)N1CCO[C@@H](c2ccccc2Cl)C1. The fraction of sp³-hybridized carbons (Fsp3) is 0.562. The second kappa shape index (κ2) is 7.25. The minimum absolute atomic E-state index is 0.0600. The molecule has 1 aromatic rings. The molecule has 0 bridgehead atoms. The first-order chi connectivity index (χ1) is 9.99. The van der Waals surface area contributed by atoms with Gasteiger partial charge < -0.3 is 10.1 Å². The molecule has 2 atom stereocenters. The van der Waals surface area contributed by atoms with Crippen LogP contribution < -0.4 is 5.32 Å². The van der Waals surface area contributed by atoms with Crippen molar-refractivity contribution in [2.45, 2.75) is 39.0 Å². The first-order valence-corrected chi connectivity index (χ1v) is 7.77. The number of amides is 1. The molecule has 0 saturated carbocycles. The number of hydrogen-bond donors (Lipinski definition) is 1. The summed E-state index contributed by atoms with van der Waals surface area (Å²) in [7, 11) is 0. The monoisotopic (exact) mass is 310 g/mol. The second-order valence-corrected chi connectivity index (χ2v) is 6.12. The summed E-state index contributed by atoms with van der Waals surface area (Å²) in [5.41, 5.74) is 0.986. The molecule has 1 aliphatic heterocycles. The van der Waals surface area contributed by atoms with Crippen LogP contribution in [0.25, 0.3) is 0 Å². The zero-order valence-electron chi connectivity index (χ0n) is 12.8. The third-order valence-corrected chi connectivity index (χ3v) is 4.05. The Bertz CT molecular complexity index is 493. The zero-order chi connectivity index (χ0) is 15.4. The Morgan fingerprint density at radius 3 is 2.76 bits per heavy atom. The number of carbonyl (C=O) groups is 1. The normalized spacial score (nSPS) is 21.3. The minimum atomic E-state index is -0.165. The van der Waals surface area contributed by atoms with E-state index in [1.807, 2.05) is 45.0 Å². The smallest absolute Gasteiger partial charge is 0.237 e. The minimum Gasteiger partial charge on any atom is -0.371 e. The second-order valence-electron chi connectivity index (χ2n) is 5.72. The van der Waals surface area contributed by atoms with Crippen molar-refractivity contribution in [3.05, 3.63) is 34.9 Å². The predicted octanol–water partition coefficient (Wildman–Crippen LogP) is 2.63. The van der Waals surface area contributed by atoms with E-state index in [9.17, 15) is 4.79 Å². The molecule has 0 radical (unpaired) electrons. The van der Waals surface area contributed by atoms with Crippen molar-refractivity contribution in [1.82, 2.24) is 10.2 Å². The average Bonchev–Trinajstić information content (AvgIpc) is 2.46. The number of benzene rings is 1. The quantitative estimate of drug-likeness (QED) is 0.929. The molecule has 0 spiro atoms. The van der Waals surface area contributed by atoms with Crippen molar-refractivity contribution in [3.8, 4) is 0 Å². The largest absolute Gasteiger partial charge is 0.371 e. The fourth-order valence-corrected chi connectivity index (χ4v) is 2.77. The van der Waals surface area contributed by atoms with Crippen molar-refractivity contribution >= 4 is 17.5 Å². The van der Waals surface area contributed by atoms with E-state index in [1.165, 1.54) is 0 Å². The predicted molar refractivity (Wildman–Crippen MR) is 84.5 cm³/mol. The summed E-state index contributed by atoms with van der Waals surface area (Å²) < 4.78 is 5.83. The molecule has 1 fully saturated rings. The van der Waals surface area contributed by atoms with E-state index in [2.05, 4.69) is 10.2 Å². The molecular weight excluding hydrogens is 288 g/mol. The molecule has 21 heavy (non-hydrogen) atoms. The molecule has 2 rings (SSSR count). The highest BCUT2D eigenvalue weighted by Gasteiger charge is 2.29. The lowest BCUT2D eigenvalue weighted by atomic mass is 10.1. The molecule has 1 amide bonds. The summed E-state index contributed by atoms with van der Waals surface area (Å²) >= 11 is 6.24. The molecule has 1 N–H and O–H groups in total. The van der Waals surface area contributed by atoms with Crippen LogP contribution in [-0.4, -0.2) is 42.6 Å². The standard InChI is InChI=1S/C16H23ClN2O2/c1-11(2)18-16(20)12(3)19-8-9-21-15(10-19)13-6-4-5-7-14(13)17/h4-7,11-12,15H,8-10H2,1-3H3,(H,18,20)/t12-,15-/m1/s1. The van der Waals surface area contributed by atoms with Gasteiger partial charge in [-0.2, -0.15) is 0 Å². The molecule has 1 saturated heterocycles. The highest BCUT2D eigenvalue weighted by molar-refractivity contribution is 6.31. The maximum absolute atomic E-state index is 12.1. The fourth-order valence-electron chi connectivity index (χ4n) is 2.52. The van der Waals surface area contributed by atoms with Gasteiger partial charge in [0.25, 0.3) is 0 Å². The van der Waals surface area contributed by atoms with Gasteiger partial charge in [-0.25, -0.2) is 0 Å². The highest BCUT2D eigenvalue weighted by Crippen LogP contribution is 2.28. The van der Waals surface area contributed by atoms with E-state index in [0.29, 0.717) is 18.2 Å². The van der Waals surface area contributed by atoms with Crippen LogP contribution in [-0.2, 0) is 9.53 Å². The zero-order valence-corrected chi connectivity index (χ0v) is 13.6. The van der Waals surface area contributed by atoms with Gasteiger partial charge in [0.2, 0.25) is 5.91 Å². The molecular formula is C16H23ClN2O2. The Morgan fingerprint density at radius 2 is 2.10 bits per heavy atom. The third-order valence-electron chi connectivity index (χ3n) is 3.71. The highest BCUT2D eigenvalue weighted by atomic mass is 35.5. The van der Waals surface area contributed by atoms with Gasteiger partial charge in [0.05, 0.1) is 18.8 Å². The van der Waals surface area contributed by atoms with Crippen molar-refractivity contribution in [2.24, 2.45) is 0 Å². The molecule has 0 aliphatic carbocycles. The van der Waals surface area contributed by atoms with Crippen LogP contribution in [0.2, 0.25) is 5.02 Å².